The van der Waals surface area contributed by atoms with Crippen LogP contribution in [0.4, 0.5) is 0 Å². The van der Waals surface area contributed by atoms with Gasteiger partial charge < -0.3 is 8.94 Å². The van der Waals surface area contributed by atoms with Crippen molar-refractivity contribution in [3.63, 3.8) is 0 Å². The molecule has 5 nitrogen and oxygen atoms in total. The normalized spacial score (nSPS) is 12.1. The van der Waals surface area contributed by atoms with Crippen molar-refractivity contribution < 1.29 is 22.6 Å². The van der Waals surface area contributed by atoms with E-state index in [1.807, 2.05) is 0 Å². The molecule has 0 aromatic carbocycles. The summed E-state index contributed by atoms with van der Waals surface area (Å²) in [5.74, 6) is 1.44. The maximum atomic E-state index is 12.1. The summed E-state index contributed by atoms with van der Waals surface area (Å²) in [6, 6.07) is 3.43. The maximum Gasteiger partial charge on any atom is 0.532 e. The van der Waals surface area contributed by atoms with E-state index in [4.69, 9.17) is 18.0 Å². The van der Waals surface area contributed by atoms with E-state index in [-0.39, 0.29) is 19.2 Å². The zero-order valence-electron chi connectivity index (χ0n) is 11.3. The Kier molecular flexibility index (Phi) is 5.93. The Morgan fingerprint density at radius 2 is 1.83 bits per heavy atom. The van der Waals surface area contributed by atoms with Crippen LogP contribution in [0.3, 0.4) is 0 Å². The molecule has 0 atom stereocenters. The lowest BCUT2D eigenvalue weighted by Crippen LogP contribution is -2.01. The Morgan fingerprint density at radius 3 is 2.33 bits per heavy atom. The molecule has 0 fully saturated rings. The second-order valence-corrected chi connectivity index (χ2v) is 5.79. The minimum atomic E-state index is -3.56. The Labute approximate surface area is 108 Å². The predicted molar refractivity (Wildman–Crippen MR) is 68.7 cm³/mol. The van der Waals surface area contributed by atoms with Crippen molar-refractivity contribution in [2.75, 3.05) is 13.2 Å². The Hall–Kier alpha value is -0.770. The lowest BCUT2D eigenvalue weighted by molar-refractivity contribution is 0.156. The fourth-order valence-corrected chi connectivity index (χ4v) is 2.57. The summed E-state index contributed by atoms with van der Waals surface area (Å²) in [6.07, 6.45) is 0.803. The van der Waals surface area contributed by atoms with Crippen molar-refractivity contribution in [3.05, 3.63) is 17.9 Å². The zero-order chi connectivity index (χ0) is 13.6. The highest BCUT2D eigenvalue weighted by Crippen LogP contribution is 2.49. The summed E-state index contributed by atoms with van der Waals surface area (Å²) in [4.78, 5) is 0. The second-order valence-electron chi connectivity index (χ2n) is 4.19. The monoisotopic (exact) mass is 276 g/mol. The van der Waals surface area contributed by atoms with Gasteiger partial charge in [0, 0.05) is 12.5 Å². The van der Waals surface area contributed by atoms with Crippen LogP contribution >= 0.6 is 7.82 Å². The highest BCUT2D eigenvalue weighted by atomic mass is 31.2. The quantitative estimate of drug-likeness (QED) is 0.671. The first-order chi connectivity index (χ1) is 8.49. The predicted octanol–water partition coefficient (Wildman–Crippen LogP) is 4.04. The topological polar surface area (TPSA) is 57.9 Å². The Balaban J connectivity index is 2.69. The van der Waals surface area contributed by atoms with Gasteiger partial charge in [-0.05, 0) is 25.8 Å². The Morgan fingerprint density at radius 1 is 1.22 bits per heavy atom. The van der Waals surface area contributed by atoms with Crippen molar-refractivity contribution in [3.8, 4) is 5.95 Å². The number of rotatable bonds is 8. The van der Waals surface area contributed by atoms with Gasteiger partial charge in [-0.15, -0.1) is 0 Å². The largest absolute Gasteiger partial charge is 0.532 e. The molecule has 1 rings (SSSR count). The molecule has 104 valence electrons. The number of phosphoric acid groups is 1. The van der Waals surface area contributed by atoms with E-state index >= 15 is 0 Å². The van der Waals surface area contributed by atoms with Crippen LogP contribution in [0.15, 0.2) is 16.5 Å². The molecule has 0 aliphatic heterocycles. The fraction of sp³-hybridized carbons (Fsp3) is 0.667. The summed E-state index contributed by atoms with van der Waals surface area (Å²) in [5, 5.41) is 0. The van der Waals surface area contributed by atoms with Gasteiger partial charge in [-0.25, -0.2) is 4.57 Å². The molecule has 1 aromatic heterocycles. The first-order valence-corrected chi connectivity index (χ1v) is 7.62. The van der Waals surface area contributed by atoms with Gasteiger partial charge in [0.25, 0.3) is 5.95 Å². The molecular formula is C12H21O5P. The van der Waals surface area contributed by atoms with E-state index < -0.39 is 7.82 Å². The van der Waals surface area contributed by atoms with Crippen LogP contribution in [0.5, 0.6) is 5.95 Å². The molecule has 18 heavy (non-hydrogen) atoms. The molecule has 0 aliphatic rings. The van der Waals surface area contributed by atoms with Crippen LogP contribution in [0.2, 0.25) is 0 Å². The van der Waals surface area contributed by atoms with Crippen LogP contribution in [0, 0.1) is 5.92 Å². The van der Waals surface area contributed by atoms with Crippen LogP contribution in [0.1, 0.15) is 33.5 Å². The van der Waals surface area contributed by atoms with Crippen molar-refractivity contribution in [1.82, 2.24) is 0 Å². The van der Waals surface area contributed by atoms with Gasteiger partial charge in [0.15, 0.2) is 0 Å². The highest BCUT2D eigenvalue weighted by Gasteiger charge is 2.28. The minimum Gasteiger partial charge on any atom is -0.431 e. The van der Waals surface area contributed by atoms with Crippen molar-refractivity contribution in [1.29, 1.82) is 0 Å². The lowest BCUT2D eigenvalue weighted by Gasteiger charge is -2.14. The summed E-state index contributed by atoms with van der Waals surface area (Å²) in [6.45, 7) is 8.12. The average molecular weight is 276 g/mol. The fourth-order valence-electron chi connectivity index (χ4n) is 1.44. The summed E-state index contributed by atoms with van der Waals surface area (Å²) >= 11 is 0. The van der Waals surface area contributed by atoms with E-state index in [0.717, 1.165) is 12.2 Å². The third kappa shape index (κ3) is 4.84. The van der Waals surface area contributed by atoms with E-state index in [0.29, 0.717) is 5.92 Å². The molecule has 0 radical (unpaired) electrons. The molecule has 0 N–H and O–H groups in total. The number of hydrogen-bond donors (Lipinski definition) is 0. The lowest BCUT2D eigenvalue weighted by atomic mass is 10.1. The van der Waals surface area contributed by atoms with Gasteiger partial charge in [0.05, 0.1) is 13.2 Å². The average Bonchev–Trinajstić information content (AvgIpc) is 2.64. The first-order valence-electron chi connectivity index (χ1n) is 6.16. The van der Waals surface area contributed by atoms with Gasteiger partial charge in [-0.1, -0.05) is 13.8 Å². The van der Waals surface area contributed by atoms with Crippen molar-refractivity contribution in [2.24, 2.45) is 5.92 Å². The van der Waals surface area contributed by atoms with Crippen LogP contribution in [-0.4, -0.2) is 13.2 Å². The molecular weight excluding hydrogens is 255 g/mol. The van der Waals surface area contributed by atoms with E-state index in [2.05, 4.69) is 13.8 Å². The molecule has 6 heteroatoms. The van der Waals surface area contributed by atoms with Gasteiger partial charge >= 0.3 is 7.82 Å². The third-order valence-electron chi connectivity index (χ3n) is 2.02. The van der Waals surface area contributed by atoms with E-state index in [1.54, 1.807) is 26.0 Å². The molecule has 0 saturated heterocycles. The van der Waals surface area contributed by atoms with E-state index in [9.17, 15) is 4.57 Å². The summed E-state index contributed by atoms with van der Waals surface area (Å²) < 4.78 is 32.7. The van der Waals surface area contributed by atoms with Crippen molar-refractivity contribution in [2.45, 2.75) is 34.1 Å². The first kappa shape index (κ1) is 15.3. The number of furan rings is 1. The van der Waals surface area contributed by atoms with E-state index in [1.165, 1.54) is 0 Å². The minimum absolute atomic E-state index is 0.163. The van der Waals surface area contributed by atoms with Crippen LogP contribution in [0.25, 0.3) is 0 Å². The van der Waals surface area contributed by atoms with Crippen LogP contribution in [-0.2, 0) is 20.0 Å². The van der Waals surface area contributed by atoms with Gasteiger partial charge in [0.1, 0.15) is 5.76 Å². The molecule has 0 amide bonds. The SMILES string of the molecule is CCOP(=O)(OCC)Oc1ccc(CC(C)C)o1. The molecule has 1 aromatic rings. The standard InChI is InChI=1S/C12H21O5P/c1-5-14-18(13,15-6-2)17-12-8-7-11(16-12)9-10(3)4/h7-8,10H,5-6,9H2,1-4H3. The number of phosphoric ester groups is 1. The van der Waals surface area contributed by atoms with Crippen LogP contribution < -0.4 is 4.52 Å². The second kappa shape index (κ2) is 6.98. The molecule has 0 saturated carbocycles. The molecule has 0 spiro atoms. The smallest absolute Gasteiger partial charge is 0.431 e. The third-order valence-corrected chi connectivity index (χ3v) is 3.58. The van der Waals surface area contributed by atoms with Gasteiger partial charge in [-0.3, -0.25) is 9.05 Å². The summed E-state index contributed by atoms with van der Waals surface area (Å²) in [5.41, 5.74) is 0. The van der Waals surface area contributed by atoms with Gasteiger partial charge in [0.2, 0.25) is 0 Å². The Bertz CT molecular complexity index is 389. The summed E-state index contributed by atoms with van der Waals surface area (Å²) in [7, 11) is -3.56. The van der Waals surface area contributed by atoms with Crippen molar-refractivity contribution >= 4 is 7.82 Å². The molecule has 1 heterocycles. The number of hydrogen-bond acceptors (Lipinski definition) is 5. The molecule has 0 bridgehead atoms. The highest BCUT2D eigenvalue weighted by molar-refractivity contribution is 7.48. The van der Waals surface area contributed by atoms with Gasteiger partial charge in [-0.2, -0.15) is 0 Å². The molecule has 0 aliphatic carbocycles. The maximum absolute atomic E-state index is 12.1. The molecule has 0 unspecified atom stereocenters. The zero-order valence-corrected chi connectivity index (χ0v) is 12.2.